The molecule has 37 heavy (non-hydrogen) atoms. The molecule has 3 aliphatic rings. The molecule has 1 amide bonds. The zero-order valence-electron chi connectivity index (χ0n) is 19.9. The molecule has 1 aromatic carbocycles. The van der Waals surface area contributed by atoms with E-state index >= 15 is 0 Å². The number of methoxy groups -OCH3 is 1. The normalized spacial score (nSPS) is 23.9. The fourth-order valence-electron chi connectivity index (χ4n) is 4.94. The summed E-state index contributed by atoms with van der Waals surface area (Å²) in [5.41, 5.74) is 1.51. The number of thiazole rings is 1. The Kier molecular flexibility index (Phi) is 7.67. The smallest absolute Gasteiger partial charge is 0.338 e. The van der Waals surface area contributed by atoms with Gasteiger partial charge in [0.15, 0.2) is 10.8 Å². The molecule has 0 radical (unpaired) electrons. The van der Waals surface area contributed by atoms with Crippen molar-refractivity contribution < 1.29 is 28.6 Å². The van der Waals surface area contributed by atoms with Gasteiger partial charge in [-0.2, -0.15) is 0 Å². The lowest BCUT2D eigenvalue weighted by Crippen LogP contribution is -2.66. The van der Waals surface area contributed by atoms with Crippen LogP contribution in [0.25, 0.3) is 0 Å². The molecule has 2 unspecified atom stereocenters. The van der Waals surface area contributed by atoms with Crippen molar-refractivity contribution in [1.82, 2.24) is 20.1 Å². The molecule has 0 aliphatic carbocycles. The Morgan fingerprint density at radius 3 is 2.70 bits per heavy atom. The highest BCUT2D eigenvalue weighted by atomic mass is 79.9. The predicted molar refractivity (Wildman–Crippen MR) is 136 cm³/mol. The number of aromatic nitrogens is 1. The fourth-order valence-corrected chi connectivity index (χ4v) is 6.10. The first-order valence-electron chi connectivity index (χ1n) is 11.6. The number of carbonyl (C=O) groups excluding carboxylic acids is 2. The molecule has 2 N–H and O–H groups in total. The Balaban J connectivity index is 1.56. The maximum atomic E-state index is 13.9. The number of morpholine rings is 1. The molecule has 2 fully saturated rings. The second kappa shape index (κ2) is 11.0. The molecule has 10 nitrogen and oxygen atoms in total. The first-order chi connectivity index (χ1) is 17.9. The summed E-state index contributed by atoms with van der Waals surface area (Å²) in [7, 11) is 1.31. The largest absolute Gasteiger partial charge is 0.466 e. The fraction of sp³-hybridized carbons (Fsp3) is 0.417. The van der Waals surface area contributed by atoms with E-state index in [0.29, 0.717) is 65.0 Å². The number of amides is 1. The number of hydrogen-bond acceptors (Lipinski definition) is 10. The number of aliphatic hydroxyl groups is 1. The number of nitrogens with zero attached hydrogens (tertiary/aromatic N) is 4. The molecule has 1 aromatic heterocycles. The molecule has 13 heteroatoms. The van der Waals surface area contributed by atoms with Gasteiger partial charge in [-0.3, -0.25) is 14.7 Å². The van der Waals surface area contributed by atoms with Crippen LogP contribution in [0.2, 0.25) is 0 Å². The highest BCUT2D eigenvalue weighted by molar-refractivity contribution is 9.10. The Labute approximate surface area is 224 Å². The summed E-state index contributed by atoms with van der Waals surface area (Å²) in [4.78, 5) is 38.4. The van der Waals surface area contributed by atoms with Gasteiger partial charge in [0, 0.05) is 41.4 Å². The van der Waals surface area contributed by atoms with E-state index in [4.69, 9.17) is 14.5 Å². The van der Waals surface area contributed by atoms with Crippen LogP contribution in [-0.2, 0) is 19.1 Å². The van der Waals surface area contributed by atoms with Gasteiger partial charge in [-0.15, -0.1) is 11.3 Å². The van der Waals surface area contributed by atoms with E-state index in [0.717, 1.165) is 0 Å². The number of amidine groups is 1. The van der Waals surface area contributed by atoms with Gasteiger partial charge in [0.05, 0.1) is 38.0 Å². The van der Waals surface area contributed by atoms with Gasteiger partial charge >= 0.3 is 5.97 Å². The SMILES string of the molecule is COC(=O)C1=C(CN2C3COCC2CN(C(=O)CO)C3)NC(c2nccs2)=N[C@H]1c1ccc(F)cc1Br. The predicted octanol–water partition coefficient (Wildman–Crippen LogP) is 1.47. The van der Waals surface area contributed by atoms with Crippen molar-refractivity contribution in [2.45, 2.75) is 18.1 Å². The Morgan fingerprint density at radius 2 is 2.08 bits per heavy atom. The van der Waals surface area contributed by atoms with Crippen molar-refractivity contribution >= 4 is 45.0 Å². The standard InChI is InChI=1S/C24H25BrFN5O5S/c1-35-24(34)20-18(9-31-14-7-30(19(33)10-32)8-15(31)12-36-11-14)28-22(23-27-4-5-37-23)29-21(20)16-3-2-13(26)6-17(16)25/h2-6,14-15,21,32H,7-12H2,1H3,(H,28,29)/t14?,15?,21-/m0/s1. The van der Waals surface area contributed by atoms with E-state index in [-0.39, 0.29) is 18.0 Å². The summed E-state index contributed by atoms with van der Waals surface area (Å²) < 4.78 is 25.3. The average Bonchev–Trinajstić information content (AvgIpc) is 3.42. The van der Waals surface area contributed by atoms with Crippen LogP contribution in [0.5, 0.6) is 0 Å². The van der Waals surface area contributed by atoms with Gasteiger partial charge in [0.25, 0.3) is 0 Å². The van der Waals surface area contributed by atoms with Crippen LogP contribution in [0.15, 0.2) is 50.5 Å². The van der Waals surface area contributed by atoms with E-state index in [1.807, 2.05) is 5.38 Å². The highest BCUT2D eigenvalue weighted by Gasteiger charge is 2.42. The molecule has 0 saturated carbocycles. The van der Waals surface area contributed by atoms with E-state index < -0.39 is 24.4 Å². The Bertz CT molecular complexity index is 1240. The van der Waals surface area contributed by atoms with Crippen LogP contribution in [-0.4, -0.2) is 96.3 Å². The lowest BCUT2D eigenvalue weighted by molar-refractivity contribution is -0.147. The summed E-state index contributed by atoms with van der Waals surface area (Å²) in [5, 5.41) is 15.1. The van der Waals surface area contributed by atoms with E-state index in [9.17, 15) is 19.1 Å². The lowest BCUT2D eigenvalue weighted by Gasteiger charge is -2.50. The molecule has 4 heterocycles. The van der Waals surface area contributed by atoms with Gasteiger partial charge in [-0.25, -0.2) is 14.2 Å². The van der Waals surface area contributed by atoms with Crippen LogP contribution < -0.4 is 5.32 Å². The van der Waals surface area contributed by atoms with Gasteiger partial charge in [-0.1, -0.05) is 22.0 Å². The highest BCUT2D eigenvalue weighted by Crippen LogP contribution is 2.37. The van der Waals surface area contributed by atoms with Crippen molar-refractivity contribution in [2.75, 3.05) is 46.6 Å². The minimum absolute atomic E-state index is 0.130. The summed E-state index contributed by atoms with van der Waals surface area (Å²) in [6.45, 7) is 1.42. The number of aliphatic hydroxyl groups excluding tert-OH is 1. The summed E-state index contributed by atoms with van der Waals surface area (Å²) in [5.74, 6) is -0.794. The second-order valence-electron chi connectivity index (χ2n) is 8.87. The van der Waals surface area contributed by atoms with Gasteiger partial charge in [0.2, 0.25) is 5.91 Å². The molecule has 3 aliphatic heterocycles. The van der Waals surface area contributed by atoms with Crippen LogP contribution in [0.3, 0.4) is 0 Å². The molecule has 0 spiro atoms. The number of rotatable bonds is 6. The number of fused-ring (bicyclic) bond motifs is 2. The zero-order valence-corrected chi connectivity index (χ0v) is 22.3. The third-order valence-corrected chi connectivity index (χ3v) is 8.14. The Morgan fingerprint density at radius 1 is 1.32 bits per heavy atom. The average molecular weight is 594 g/mol. The summed E-state index contributed by atoms with van der Waals surface area (Å²) in [6.07, 6.45) is 1.67. The van der Waals surface area contributed by atoms with Crippen molar-refractivity contribution in [1.29, 1.82) is 0 Å². The van der Waals surface area contributed by atoms with Crippen molar-refractivity contribution in [3.63, 3.8) is 0 Å². The van der Waals surface area contributed by atoms with E-state index in [1.165, 1.54) is 30.6 Å². The van der Waals surface area contributed by atoms with Crippen LogP contribution >= 0.6 is 27.3 Å². The van der Waals surface area contributed by atoms with Crippen LogP contribution in [0.1, 0.15) is 16.6 Å². The molecule has 5 rings (SSSR count). The van der Waals surface area contributed by atoms with E-state index in [2.05, 4.69) is 31.1 Å². The molecule has 196 valence electrons. The molecule has 2 saturated heterocycles. The summed E-state index contributed by atoms with van der Waals surface area (Å²) >= 11 is 4.84. The monoisotopic (exact) mass is 593 g/mol. The van der Waals surface area contributed by atoms with Gasteiger partial charge in [-0.05, 0) is 17.7 Å². The van der Waals surface area contributed by atoms with Gasteiger partial charge in [0.1, 0.15) is 18.5 Å². The second-order valence-corrected chi connectivity index (χ2v) is 10.6. The van der Waals surface area contributed by atoms with Crippen LogP contribution in [0, 0.1) is 5.82 Å². The third kappa shape index (κ3) is 5.18. The number of nitrogens with one attached hydrogen (secondary N) is 1. The van der Waals surface area contributed by atoms with E-state index in [1.54, 1.807) is 17.2 Å². The number of carbonyl (C=O) groups is 2. The number of hydrogen-bond donors (Lipinski definition) is 2. The van der Waals surface area contributed by atoms with Gasteiger partial charge < -0.3 is 24.8 Å². The maximum absolute atomic E-state index is 13.9. The Hall–Kier alpha value is -2.71. The summed E-state index contributed by atoms with van der Waals surface area (Å²) in [6, 6.07) is 3.23. The first-order valence-corrected chi connectivity index (χ1v) is 13.3. The minimum Gasteiger partial charge on any atom is -0.466 e. The first kappa shape index (κ1) is 25.9. The quantitative estimate of drug-likeness (QED) is 0.484. The molecule has 2 bridgehead atoms. The van der Waals surface area contributed by atoms with Crippen molar-refractivity contribution in [3.8, 4) is 0 Å². The van der Waals surface area contributed by atoms with Crippen molar-refractivity contribution in [3.05, 3.63) is 61.9 Å². The zero-order chi connectivity index (χ0) is 26.1. The third-order valence-electron chi connectivity index (χ3n) is 6.67. The van der Waals surface area contributed by atoms with Crippen LogP contribution in [0.4, 0.5) is 4.39 Å². The van der Waals surface area contributed by atoms with Crippen molar-refractivity contribution in [2.24, 2.45) is 4.99 Å². The molecule has 3 atom stereocenters. The topological polar surface area (TPSA) is 117 Å². The molecular formula is C24H25BrFN5O5S. The lowest BCUT2D eigenvalue weighted by atomic mass is 9.94. The maximum Gasteiger partial charge on any atom is 0.338 e. The number of aliphatic imine (C=N–C) groups is 1. The number of benzene rings is 1. The number of halogens is 2. The molecular weight excluding hydrogens is 569 g/mol. The number of piperazine rings is 1. The molecule has 2 aromatic rings. The number of ether oxygens (including phenoxy) is 2. The minimum atomic E-state index is -0.772. The number of esters is 1.